The largest absolute Gasteiger partial charge is 0.320 e. The van der Waals surface area contributed by atoms with Gasteiger partial charge in [0.25, 0.3) is 0 Å². The van der Waals surface area contributed by atoms with E-state index in [0.717, 1.165) is 0 Å². The van der Waals surface area contributed by atoms with E-state index < -0.39 is 0 Å². The van der Waals surface area contributed by atoms with E-state index in [1.807, 2.05) is 0 Å². The summed E-state index contributed by atoms with van der Waals surface area (Å²) in [6.07, 6.45) is 36.7. The van der Waals surface area contributed by atoms with E-state index in [-0.39, 0.29) is 0 Å². The molecular weight excluding hydrogens is 350 g/mol. The Bertz CT molecular complexity index is 237. The molecule has 0 rings (SSSR count). The molecule has 0 aliphatic heterocycles. The lowest BCUT2D eigenvalue weighted by atomic mass is 10.0. The van der Waals surface area contributed by atoms with Crippen molar-refractivity contribution in [3.8, 4) is 0 Å². The van der Waals surface area contributed by atoms with E-state index in [2.05, 4.69) is 19.3 Å². The third-order valence-corrected chi connectivity index (χ3v) is 6.53. The Labute approximate surface area is 186 Å². The fraction of sp³-hybridized carbons (Fsp3) is 1.00. The number of hydrogen-bond acceptors (Lipinski definition) is 1. The van der Waals surface area contributed by atoms with Crippen molar-refractivity contribution >= 4 is 0 Å². The third kappa shape index (κ3) is 28.0. The Morgan fingerprint density at radius 3 is 0.724 bits per heavy atom. The lowest BCUT2D eigenvalue weighted by molar-refractivity contribution is 0.515. The number of rotatable bonds is 26. The van der Waals surface area contributed by atoms with E-state index in [1.54, 1.807) is 0 Å². The molecule has 0 aliphatic rings. The zero-order valence-corrected chi connectivity index (χ0v) is 20.9. The molecule has 0 aliphatic carbocycles. The van der Waals surface area contributed by atoms with Crippen LogP contribution in [0.2, 0.25) is 0 Å². The molecule has 1 nitrogen and oxygen atoms in total. The van der Waals surface area contributed by atoms with Gasteiger partial charge < -0.3 is 5.32 Å². The minimum Gasteiger partial charge on any atom is -0.320 e. The van der Waals surface area contributed by atoms with Crippen LogP contribution in [0.4, 0.5) is 0 Å². The van der Waals surface area contributed by atoms with Gasteiger partial charge in [0, 0.05) is 0 Å². The van der Waals surface area contributed by atoms with E-state index in [0.29, 0.717) is 0 Å². The Kier molecular flexibility index (Phi) is 27.9. The Balaban J connectivity index is 2.97. The standard InChI is InChI=1S/C28H59N/c1-3-4-5-6-7-8-9-10-11-12-13-14-15-16-17-18-19-20-21-22-23-24-25-26-27-28-29-2/h29H,3-28H2,1-2H3. The second-order valence-corrected chi connectivity index (χ2v) is 9.59. The Morgan fingerprint density at radius 2 is 0.517 bits per heavy atom. The highest BCUT2D eigenvalue weighted by Gasteiger charge is 1.96. The first kappa shape index (κ1) is 29.0. The SMILES string of the molecule is CCCCCCCCCCCCCCCCCCCCCCCCCCCNC. The predicted octanol–water partition coefficient (Wildman–Crippen LogP) is 9.98. The van der Waals surface area contributed by atoms with Gasteiger partial charge in [-0.25, -0.2) is 0 Å². The molecule has 0 atom stereocenters. The number of unbranched alkanes of at least 4 members (excludes halogenated alkanes) is 24. The molecule has 0 fully saturated rings. The van der Waals surface area contributed by atoms with Gasteiger partial charge in [-0.15, -0.1) is 0 Å². The summed E-state index contributed by atoms with van der Waals surface area (Å²) in [6.45, 7) is 3.50. The molecule has 29 heavy (non-hydrogen) atoms. The maximum atomic E-state index is 3.23. The van der Waals surface area contributed by atoms with E-state index in [9.17, 15) is 0 Å². The van der Waals surface area contributed by atoms with Gasteiger partial charge in [0.15, 0.2) is 0 Å². The van der Waals surface area contributed by atoms with Crippen LogP contribution in [0, 0.1) is 0 Å². The van der Waals surface area contributed by atoms with Gasteiger partial charge in [0.2, 0.25) is 0 Å². The summed E-state index contributed by atoms with van der Waals surface area (Å²) in [5.41, 5.74) is 0. The zero-order chi connectivity index (χ0) is 21.1. The van der Waals surface area contributed by atoms with Crippen LogP contribution in [-0.2, 0) is 0 Å². The molecule has 0 amide bonds. The quantitative estimate of drug-likeness (QED) is 0.140. The molecule has 0 radical (unpaired) electrons. The summed E-state index contributed by atoms with van der Waals surface area (Å²) < 4.78 is 0. The highest BCUT2D eigenvalue weighted by atomic mass is 14.8. The molecule has 0 aromatic carbocycles. The molecule has 0 saturated heterocycles. The van der Waals surface area contributed by atoms with Crippen LogP contribution < -0.4 is 5.32 Å². The Morgan fingerprint density at radius 1 is 0.310 bits per heavy atom. The highest BCUT2D eigenvalue weighted by Crippen LogP contribution is 2.15. The normalized spacial score (nSPS) is 11.4. The summed E-state index contributed by atoms with van der Waals surface area (Å²) >= 11 is 0. The summed E-state index contributed by atoms with van der Waals surface area (Å²) in [4.78, 5) is 0. The average Bonchev–Trinajstić information content (AvgIpc) is 2.74. The van der Waals surface area contributed by atoms with Crippen molar-refractivity contribution in [2.45, 2.75) is 167 Å². The molecule has 0 unspecified atom stereocenters. The van der Waals surface area contributed by atoms with Gasteiger partial charge >= 0.3 is 0 Å². The van der Waals surface area contributed by atoms with E-state index in [4.69, 9.17) is 0 Å². The van der Waals surface area contributed by atoms with Crippen LogP contribution in [-0.4, -0.2) is 13.6 Å². The zero-order valence-electron chi connectivity index (χ0n) is 20.9. The lowest BCUT2D eigenvalue weighted by Crippen LogP contribution is -2.06. The first-order valence-corrected chi connectivity index (χ1v) is 14.1. The first-order valence-electron chi connectivity index (χ1n) is 14.1. The second kappa shape index (κ2) is 28.0. The highest BCUT2D eigenvalue weighted by molar-refractivity contribution is 4.52. The summed E-state index contributed by atoms with van der Waals surface area (Å²) in [6, 6.07) is 0. The van der Waals surface area contributed by atoms with Gasteiger partial charge in [0.05, 0.1) is 0 Å². The molecule has 176 valence electrons. The van der Waals surface area contributed by atoms with E-state index in [1.165, 1.54) is 167 Å². The van der Waals surface area contributed by atoms with Gasteiger partial charge in [-0.3, -0.25) is 0 Å². The van der Waals surface area contributed by atoms with E-state index >= 15 is 0 Å². The maximum Gasteiger partial charge on any atom is -0.00519 e. The van der Waals surface area contributed by atoms with Gasteiger partial charge in [-0.2, -0.15) is 0 Å². The summed E-state index contributed by atoms with van der Waals surface area (Å²) in [7, 11) is 2.05. The topological polar surface area (TPSA) is 12.0 Å². The van der Waals surface area contributed by atoms with Crippen molar-refractivity contribution in [1.29, 1.82) is 0 Å². The van der Waals surface area contributed by atoms with Crippen LogP contribution in [0.1, 0.15) is 167 Å². The molecule has 0 bridgehead atoms. The predicted molar refractivity (Wildman–Crippen MR) is 135 cm³/mol. The maximum absolute atomic E-state index is 3.23. The number of nitrogens with one attached hydrogen (secondary N) is 1. The van der Waals surface area contributed by atoms with Crippen LogP contribution in [0.5, 0.6) is 0 Å². The van der Waals surface area contributed by atoms with Gasteiger partial charge in [-0.05, 0) is 20.0 Å². The van der Waals surface area contributed by atoms with Gasteiger partial charge in [-0.1, -0.05) is 161 Å². The second-order valence-electron chi connectivity index (χ2n) is 9.59. The van der Waals surface area contributed by atoms with Crippen molar-refractivity contribution < 1.29 is 0 Å². The number of hydrogen-bond donors (Lipinski definition) is 1. The lowest BCUT2D eigenvalue weighted by Gasteiger charge is -2.04. The van der Waals surface area contributed by atoms with Crippen LogP contribution >= 0.6 is 0 Å². The van der Waals surface area contributed by atoms with Crippen molar-refractivity contribution in [3.05, 3.63) is 0 Å². The monoisotopic (exact) mass is 409 g/mol. The molecule has 0 aromatic rings. The first-order chi connectivity index (χ1) is 14.4. The van der Waals surface area contributed by atoms with Gasteiger partial charge in [0.1, 0.15) is 0 Å². The van der Waals surface area contributed by atoms with Crippen LogP contribution in [0.15, 0.2) is 0 Å². The Hall–Kier alpha value is -0.0400. The third-order valence-electron chi connectivity index (χ3n) is 6.53. The van der Waals surface area contributed by atoms with Crippen LogP contribution in [0.25, 0.3) is 0 Å². The fourth-order valence-electron chi connectivity index (χ4n) is 4.44. The van der Waals surface area contributed by atoms with Crippen LogP contribution in [0.3, 0.4) is 0 Å². The van der Waals surface area contributed by atoms with Crippen molar-refractivity contribution in [2.24, 2.45) is 0 Å². The van der Waals surface area contributed by atoms with Crippen molar-refractivity contribution in [2.75, 3.05) is 13.6 Å². The smallest absolute Gasteiger partial charge is 0.00519 e. The molecule has 0 spiro atoms. The minimum absolute atomic E-state index is 1.19. The molecular formula is C28H59N. The molecule has 0 heterocycles. The average molecular weight is 410 g/mol. The minimum atomic E-state index is 1.19. The fourth-order valence-corrected chi connectivity index (χ4v) is 4.44. The summed E-state index contributed by atoms with van der Waals surface area (Å²) in [5, 5.41) is 3.23. The molecule has 1 heteroatoms. The molecule has 0 aromatic heterocycles. The van der Waals surface area contributed by atoms with Crippen molar-refractivity contribution in [3.63, 3.8) is 0 Å². The molecule has 0 saturated carbocycles. The molecule has 1 N–H and O–H groups in total. The summed E-state index contributed by atoms with van der Waals surface area (Å²) in [5.74, 6) is 0. The van der Waals surface area contributed by atoms with Crippen molar-refractivity contribution in [1.82, 2.24) is 5.32 Å².